The van der Waals surface area contributed by atoms with Crippen molar-refractivity contribution in [3.63, 3.8) is 0 Å². The van der Waals surface area contributed by atoms with Gasteiger partial charge in [-0.3, -0.25) is 0 Å². The predicted octanol–water partition coefficient (Wildman–Crippen LogP) is 2.79. The first kappa shape index (κ1) is 18.7. The SMILES string of the molecule is CS(=O)(=O)c1ccc(N2CC=C(c3ccccc3)CC2)c(S(C)(=O)=O)c1. The topological polar surface area (TPSA) is 71.5 Å². The fourth-order valence-electron chi connectivity index (χ4n) is 3.09. The summed E-state index contributed by atoms with van der Waals surface area (Å²) in [5.74, 6) is 0. The Kier molecular flexibility index (Phi) is 4.94. The minimum atomic E-state index is -3.56. The van der Waals surface area contributed by atoms with E-state index in [9.17, 15) is 16.8 Å². The number of nitrogens with zero attached hydrogens (tertiary/aromatic N) is 1. The summed E-state index contributed by atoms with van der Waals surface area (Å²) in [7, 11) is -7.03. The molecular formula is C19H21NO4S2. The van der Waals surface area contributed by atoms with Crippen LogP contribution in [0, 0.1) is 0 Å². The molecule has 0 aromatic heterocycles. The molecule has 0 amide bonds. The van der Waals surface area contributed by atoms with Crippen LogP contribution in [0.15, 0.2) is 64.4 Å². The molecule has 0 fully saturated rings. The van der Waals surface area contributed by atoms with Gasteiger partial charge in [0.25, 0.3) is 0 Å². The van der Waals surface area contributed by atoms with Gasteiger partial charge in [-0.2, -0.15) is 0 Å². The Bertz CT molecular complexity index is 1060. The van der Waals surface area contributed by atoms with Gasteiger partial charge in [0.1, 0.15) is 0 Å². The van der Waals surface area contributed by atoms with E-state index in [1.807, 2.05) is 23.1 Å². The van der Waals surface area contributed by atoms with Crippen molar-refractivity contribution in [1.29, 1.82) is 0 Å². The van der Waals surface area contributed by atoms with Crippen LogP contribution in [-0.4, -0.2) is 42.4 Å². The van der Waals surface area contributed by atoms with Gasteiger partial charge in [-0.25, -0.2) is 16.8 Å². The van der Waals surface area contributed by atoms with E-state index in [4.69, 9.17) is 0 Å². The number of sulfone groups is 2. The summed E-state index contributed by atoms with van der Waals surface area (Å²) in [5, 5.41) is 0. The molecule has 3 rings (SSSR count). The second kappa shape index (κ2) is 6.89. The van der Waals surface area contributed by atoms with Gasteiger partial charge < -0.3 is 4.90 Å². The number of hydrogen-bond donors (Lipinski definition) is 0. The van der Waals surface area contributed by atoms with Gasteiger partial charge >= 0.3 is 0 Å². The molecule has 7 heteroatoms. The molecule has 1 aliphatic rings. The van der Waals surface area contributed by atoms with E-state index in [-0.39, 0.29) is 9.79 Å². The van der Waals surface area contributed by atoms with Crippen molar-refractivity contribution in [1.82, 2.24) is 0 Å². The van der Waals surface area contributed by atoms with Gasteiger partial charge in [-0.1, -0.05) is 36.4 Å². The van der Waals surface area contributed by atoms with Crippen molar-refractivity contribution in [2.45, 2.75) is 16.2 Å². The molecule has 0 bridgehead atoms. The number of hydrogen-bond acceptors (Lipinski definition) is 5. The third-order valence-electron chi connectivity index (χ3n) is 4.45. The van der Waals surface area contributed by atoms with Crippen molar-refractivity contribution in [3.05, 3.63) is 60.2 Å². The summed E-state index contributed by atoms with van der Waals surface area (Å²) < 4.78 is 48.0. The van der Waals surface area contributed by atoms with Crippen LogP contribution in [-0.2, 0) is 19.7 Å². The third kappa shape index (κ3) is 3.99. The average molecular weight is 392 g/mol. The monoisotopic (exact) mass is 391 g/mol. The molecule has 0 N–H and O–H groups in total. The van der Waals surface area contributed by atoms with E-state index < -0.39 is 19.7 Å². The molecule has 2 aromatic carbocycles. The van der Waals surface area contributed by atoms with E-state index >= 15 is 0 Å². The maximum absolute atomic E-state index is 12.2. The molecule has 0 radical (unpaired) electrons. The molecular weight excluding hydrogens is 370 g/mol. The largest absolute Gasteiger partial charge is 0.366 e. The van der Waals surface area contributed by atoms with Crippen LogP contribution < -0.4 is 4.90 Å². The van der Waals surface area contributed by atoms with Gasteiger partial charge in [0.15, 0.2) is 19.7 Å². The molecule has 138 valence electrons. The third-order valence-corrected chi connectivity index (χ3v) is 6.69. The van der Waals surface area contributed by atoms with E-state index in [0.717, 1.165) is 18.9 Å². The molecule has 2 aromatic rings. The van der Waals surface area contributed by atoms with Gasteiger partial charge in [-0.15, -0.1) is 0 Å². The molecule has 5 nitrogen and oxygen atoms in total. The zero-order valence-electron chi connectivity index (χ0n) is 14.7. The number of rotatable bonds is 4. The first-order valence-corrected chi connectivity index (χ1v) is 12.0. The summed E-state index contributed by atoms with van der Waals surface area (Å²) in [6.07, 6.45) is 5.06. The highest BCUT2D eigenvalue weighted by Crippen LogP contribution is 2.31. The average Bonchev–Trinajstić information content (AvgIpc) is 2.61. The van der Waals surface area contributed by atoms with Crippen molar-refractivity contribution in [2.75, 3.05) is 30.5 Å². The van der Waals surface area contributed by atoms with Crippen LogP contribution in [0.4, 0.5) is 5.69 Å². The Morgan fingerprint density at radius 3 is 2.12 bits per heavy atom. The van der Waals surface area contributed by atoms with Gasteiger partial charge in [-0.05, 0) is 35.8 Å². The van der Waals surface area contributed by atoms with Crippen LogP contribution in [0.3, 0.4) is 0 Å². The molecule has 0 unspecified atom stereocenters. The van der Waals surface area contributed by atoms with Crippen LogP contribution in [0.2, 0.25) is 0 Å². The summed E-state index contributed by atoms with van der Waals surface area (Å²) in [6, 6.07) is 14.4. The van der Waals surface area contributed by atoms with E-state index in [0.29, 0.717) is 18.8 Å². The summed E-state index contributed by atoms with van der Waals surface area (Å²) in [5.41, 5.74) is 2.95. The normalized spacial score (nSPS) is 15.6. The van der Waals surface area contributed by atoms with Gasteiger partial charge in [0.05, 0.1) is 15.5 Å². The van der Waals surface area contributed by atoms with E-state index in [2.05, 4.69) is 18.2 Å². The summed E-state index contributed by atoms with van der Waals surface area (Å²) in [6.45, 7) is 1.24. The Hall–Kier alpha value is -2.12. The lowest BCUT2D eigenvalue weighted by atomic mass is 9.99. The minimum Gasteiger partial charge on any atom is -0.366 e. The van der Waals surface area contributed by atoms with Crippen LogP contribution in [0.1, 0.15) is 12.0 Å². The first-order chi connectivity index (χ1) is 12.2. The first-order valence-electron chi connectivity index (χ1n) is 8.20. The summed E-state index contributed by atoms with van der Waals surface area (Å²) in [4.78, 5) is 2.03. The quantitative estimate of drug-likeness (QED) is 0.801. The smallest absolute Gasteiger partial charge is 0.177 e. The van der Waals surface area contributed by atoms with Gasteiger partial charge in [0, 0.05) is 25.6 Å². The highest BCUT2D eigenvalue weighted by atomic mass is 32.2. The number of benzene rings is 2. The maximum atomic E-state index is 12.2. The second-order valence-electron chi connectivity index (χ2n) is 6.47. The fraction of sp³-hybridized carbons (Fsp3) is 0.263. The molecule has 0 saturated carbocycles. The molecule has 1 aliphatic heterocycles. The lowest BCUT2D eigenvalue weighted by Crippen LogP contribution is -2.29. The molecule has 0 aliphatic carbocycles. The van der Waals surface area contributed by atoms with Crippen molar-refractivity contribution in [3.8, 4) is 0 Å². The summed E-state index contributed by atoms with van der Waals surface area (Å²) >= 11 is 0. The second-order valence-corrected chi connectivity index (χ2v) is 10.5. The van der Waals surface area contributed by atoms with Crippen LogP contribution >= 0.6 is 0 Å². The Morgan fingerprint density at radius 2 is 1.58 bits per heavy atom. The van der Waals surface area contributed by atoms with E-state index in [1.54, 1.807) is 6.07 Å². The van der Waals surface area contributed by atoms with Crippen LogP contribution in [0.25, 0.3) is 5.57 Å². The Morgan fingerprint density at radius 1 is 0.885 bits per heavy atom. The molecule has 1 heterocycles. The highest BCUT2D eigenvalue weighted by molar-refractivity contribution is 7.91. The van der Waals surface area contributed by atoms with E-state index in [1.165, 1.54) is 23.3 Å². The number of anilines is 1. The predicted molar refractivity (Wildman–Crippen MR) is 104 cm³/mol. The van der Waals surface area contributed by atoms with Gasteiger partial charge in [0.2, 0.25) is 0 Å². The van der Waals surface area contributed by atoms with Crippen molar-refractivity contribution < 1.29 is 16.8 Å². The van der Waals surface area contributed by atoms with Crippen LogP contribution in [0.5, 0.6) is 0 Å². The minimum absolute atomic E-state index is 0.0131. The maximum Gasteiger partial charge on any atom is 0.177 e. The Labute approximate surface area is 154 Å². The molecule has 26 heavy (non-hydrogen) atoms. The lowest BCUT2D eigenvalue weighted by Gasteiger charge is -2.30. The fourth-order valence-corrected chi connectivity index (χ4v) is 4.73. The zero-order valence-corrected chi connectivity index (χ0v) is 16.3. The molecule has 0 spiro atoms. The van der Waals surface area contributed by atoms with Crippen molar-refractivity contribution in [2.24, 2.45) is 0 Å². The highest BCUT2D eigenvalue weighted by Gasteiger charge is 2.23. The standard InChI is InChI=1S/C19H21NO4S2/c1-25(21,22)17-8-9-18(19(14-17)26(2,23)24)20-12-10-16(11-13-20)15-6-4-3-5-7-15/h3-10,14H,11-13H2,1-2H3. The van der Waals surface area contributed by atoms with Crippen molar-refractivity contribution >= 4 is 30.9 Å². The lowest BCUT2D eigenvalue weighted by molar-refractivity contribution is 0.599. The molecule has 0 saturated heterocycles. The zero-order chi connectivity index (χ0) is 18.9. The Balaban J connectivity index is 1.97. The molecule has 0 atom stereocenters.